The first-order valence-corrected chi connectivity index (χ1v) is 10.4. The van der Waals surface area contributed by atoms with Gasteiger partial charge in [-0.1, -0.05) is 23.7 Å². The second-order valence-corrected chi connectivity index (χ2v) is 7.78. The Labute approximate surface area is 181 Å². The van der Waals surface area contributed by atoms with E-state index in [-0.39, 0.29) is 18.5 Å². The number of methoxy groups -OCH3 is 1. The number of halogens is 1. The first kappa shape index (κ1) is 20.3. The van der Waals surface area contributed by atoms with E-state index in [9.17, 15) is 9.59 Å². The molecule has 4 rings (SSSR count). The van der Waals surface area contributed by atoms with Crippen molar-refractivity contribution in [1.29, 1.82) is 0 Å². The predicted octanol–water partition coefficient (Wildman–Crippen LogP) is 2.94. The van der Waals surface area contributed by atoms with E-state index >= 15 is 0 Å². The minimum absolute atomic E-state index is 0.0151. The highest BCUT2D eigenvalue weighted by Crippen LogP contribution is 2.26. The number of rotatable bonds is 5. The van der Waals surface area contributed by atoms with Gasteiger partial charge in [-0.2, -0.15) is 0 Å². The number of carbonyl (C=O) groups excluding carboxylic acids is 2. The van der Waals surface area contributed by atoms with E-state index in [2.05, 4.69) is 4.90 Å². The minimum Gasteiger partial charge on any atom is -0.497 e. The van der Waals surface area contributed by atoms with E-state index in [1.165, 1.54) is 0 Å². The summed E-state index contributed by atoms with van der Waals surface area (Å²) in [6.07, 6.45) is 0. The fourth-order valence-electron chi connectivity index (χ4n) is 3.90. The molecule has 0 radical (unpaired) electrons. The Morgan fingerprint density at radius 3 is 2.33 bits per heavy atom. The summed E-state index contributed by atoms with van der Waals surface area (Å²) in [7, 11) is 1.61. The molecule has 0 bridgehead atoms. The van der Waals surface area contributed by atoms with Gasteiger partial charge in [-0.3, -0.25) is 9.69 Å². The molecule has 0 unspecified atom stereocenters. The summed E-state index contributed by atoms with van der Waals surface area (Å²) in [5, 5.41) is 0.721. The third-order valence-electron chi connectivity index (χ3n) is 5.63. The number of hydrogen-bond acceptors (Lipinski definition) is 4. The second-order valence-electron chi connectivity index (χ2n) is 7.37. The molecule has 7 nitrogen and oxygen atoms in total. The SMILES string of the molecule is COc1ccc(N2CCN(CC(=O)N3CCN(c4ccccc4Cl)CC3)C2=O)cc1. The Morgan fingerprint density at radius 1 is 0.967 bits per heavy atom. The lowest BCUT2D eigenvalue weighted by Crippen LogP contribution is -2.51. The molecular formula is C22H25ClN4O3. The third-order valence-corrected chi connectivity index (χ3v) is 5.95. The van der Waals surface area contributed by atoms with Crippen molar-refractivity contribution in [2.45, 2.75) is 0 Å². The van der Waals surface area contributed by atoms with Crippen LogP contribution in [0.4, 0.5) is 16.2 Å². The summed E-state index contributed by atoms with van der Waals surface area (Å²) in [5.74, 6) is 0.729. The largest absolute Gasteiger partial charge is 0.497 e. The summed E-state index contributed by atoms with van der Waals surface area (Å²) < 4.78 is 5.17. The van der Waals surface area contributed by atoms with Gasteiger partial charge in [0.2, 0.25) is 5.91 Å². The van der Waals surface area contributed by atoms with Gasteiger partial charge < -0.3 is 19.4 Å². The van der Waals surface area contributed by atoms with Crippen molar-refractivity contribution in [2.75, 3.05) is 62.7 Å². The molecule has 0 aliphatic carbocycles. The maximum absolute atomic E-state index is 12.8. The van der Waals surface area contributed by atoms with E-state index in [0.29, 0.717) is 26.2 Å². The van der Waals surface area contributed by atoms with Crippen molar-refractivity contribution < 1.29 is 14.3 Å². The van der Waals surface area contributed by atoms with Crippen LogP contribution in [0.3, 0.4) is 0 Å². The predicted molar refractivity (Wildman–Crippen MR) is 118 cm³/mol. The molecule has 3 amide bonds. The number of anilines is 2. The van der Waals surface area contributed by atoms with E-state index in [1.54, 1.807) is 16.9 Å². The van der Waals surface area contributed by atoms with Crippen molar-refractivity contribution in [1.82, 2.24) is 9.80 Å². The first-order chi connectivity index (χ1) is 14.6. The lowest BCUT2D eigenvalue weighted by atomic mass is 10.2. The van der Waals surface area contributed by atoms with Gasteiger partial charge in [0.05, 0.1) is 17.8 Å². The Hall–Kier alpha value is -2.93. The van der Waals surface area contributed by atoms with Gasteiger partial charge in [-0.05, 0) is 36.4 Å². The van der Waals surface area contributed by atoms with Crippen LogP contribution in [0.25, 0.3) is 0 Å². The topological polar surface area (TPSA) is 56.3 Å². The van der Waals surface area contributed by atoms with Crippen LogP contribution >= 0.6 is 11.6 Å². The average Bonchev–Trinajstić information content (AvgIpc) is 3.14. The minimum atomic E-state index is -0.136. The van der Waals surface area contributed by atoms with Gasteiger partial charge in [0.1, 0.15) is 12.3 Å². The molecule has 8 heteroatoms. The van der Waals surface area contributed by atoms with Gasteiger partial charge in [0.15, 0.2) is 0 Å². The van der Waals surface area contributed by atoms with Crippen LogP contribution in [-0.2, 0) is 4.79 Å². The van der Waals surface area contributed by atoms with E-state index in [1.807, 2.05) is 53.4 Å². The number of nitrogens with zero attached hydrogens (tertiary/aromatic N) is 4. The van der Waals surface area contributed by atoms with Crippen molar-refractivity contribution in [3.05, 3.63) is 53.6 Å². The van der Waals surface area contributed by atoms with Crippen LogP contribution in [0, 0.1) is 0 Å². The fourth-order valence-corrected chi connectivity index (χ4v) is 4.15. The van der Waals surface area contributed by atoms with E-state index < -0.39 is 0 Å². The highest BCUT2D eigenvalue weighted by Gasteiger charge is 2.32. The Balaban J connectivity index is 1.31. The zero-order valence-corrected chi connectivity index (χ0v) is 17.7. The molecule has 2 aromatic rings. The molecule has 2 aliphatic rings. The summed E-state index contributed by atoms with van der Waals surface area (Å²) in [5.41, 5.74) is 1.81. The Morgan fingerprint density at radius 2 is 1.67 bits per heavy atom. The number of piperazine rings is 1. The highest BCUT2D eigenvalue weighted by molar-refractivity contribution is 6.33. The number of hydrogen-bond donors (Lipinski definition) is 0. The maximum Gasteiger partial charge on any atom is 0.325 e. The molecule has 2 fully saturated rings. The Kier molecular flexibility index (Phi) is 5.99. The van der Waals surface area contributed by atoms with Crippen LogP contribution in [0.5, 0.6) is 5.75 Å². The van der Waals surface area contributed by atoms with Gasteiger partial charge >= 0.3 is 6.03 Å². The fraction of sp³-hybridized carbons (Fsp3) is 0.364. The quantitative estimate of drug-likeness (QED) is 0.734. The van der Waals surface area contributed by atoms with Crippen LogP contribution in [-0.4, -0.2) is 74.7 Å². The lowest BCUT2D eigenvalue weighted by Gasteiger charge is -2.37. The molecule has 2 heterocycles. The highest BCUT2D eigenvalue weighted by atomic mass is 35.5. The van der Waals surface area contributed by atoms with Gasteiger partial charge in [0, 0.05) is 45.0 Å². The number of carbonyl (C=O) groups is 2. The molecule has 0 spiro atoms. The molecule has 0 saturated carbocycles. The number of ether oxygens (including phenoxy) is 1. The monoisotopic (exact) mass is 428 g/mol. The number of benzene rings is 2. The summed E-state index contributed by atoms with van der Waals surface area (Å²) in [4.78, 5) is 32.9. The van der Waals surface area contributed by atoms with Gasteiger partial charge in [-0.15, -0.1) is 0 Å². The number of amides is 3. The lowest BCUT2D eigenvalue weighted by molar-refractivity contribution is -0.131. The smallest absolute Gasteiger partial charge is 0.325 e. The van der Waals surface area contributed by atoms with Gasteiger partial charge in [0.25, 0.3) is 0 Å². The molecule has 2 saturated heterocycles. The normalized spacial score (nSPS) is 16.9. The van der Waals surface area contributed by atoms with Crippen LogP contribution in [0.2, 0.25) is 5.02 Å². The molecule has 0 N–H and O–H groups in total. The van der Waals surface area contributed by atoms with Crippen molar-refractivity contribution in [3.8, 4) is 5.75 Å². The Bertz CT molecular complexity index is 913. The molecule has 2 aliphatic heterocycles. The molecule has 2 aromatic carbocycles. The second kappa shape index (κ2) is 8.83. The van der Waals surface area contributed by atoms with E-state index in [4.69, 9.17) is 16.3 Å². The molecule has 0 aromatic heterocycles. The molecule has 158 valence electrons. The average molecular weight is 429 g/mol. The summed E-state index contributed by atoms with van der Waals surface area (Å²) >= 11 is 6.29. The van der Waals surface area contributed by atoms with Crippen LogP contribution in [0.1, 0.15) is 0 Å². The number of para-hydroxylation sites is 1. The zero-order valence-electron chi connectivity index (χ0n) is 17.0. The first-order valence-electron chi connectivity index (χ1n) is 10.0. The third kappa shape index (κ3) is 4.16. The van der Waals surface area contributed by atoms with Crippen LogP contribution < -0.4 is 14.5 Å². The zero-order chi connectivity index (χ0) is 21.1. The standard InChI is InChI=1S/C22H25ClN4O3/c1-30-18-8-6-17(7-9-18)27-15-14-26(22(27)29)16-21(28)25-12-10-24(11-13-25)20-5-3-2-4-19(20)23/h2-9H,10-16H2,1H3. The molecule has 0 atom stereocenters. The summed E-state index contributed by atoms with van der Waals surface area (Å²) in [6.45, 7) is 3.90. The summed E-state index contributed by atoms with van der Waals surface area (Å²) in [6, 6.07) is 15.0. The van der Waals surface area contributed by atoms with Crippen molar-refractivity contribution in [3.63, 3.8) is 0 Å². The van der Waals surface area contributed by atoms with Gasteiger partial charge in [-0.25, -0.2) is 4.79 Å². The molecule has 30 heavy (non-hydrogen) atoms. The van der Waals surface area contributed by atoms with E-state index in [0.717, 1.165) is 35.2 Å². The number of urea groups is 1. The van der Waals surface area contributed by atoms with Crippen molar-refractivity contribution in [2.24, 2.45) is 0 Å². The van der Waals surface area contributed by atoms with Crippen LogP contribution in [0.15, 0.2) is 48.5 Å². The van der Waals surface area contributed by atoms with Crippen molar-refractivity contribution >= 4 is 34.9 Å². The maximum atomic E-state index is 12.8. The molecular weight excluding hydrogens is 404 g/mol.